The zero-order chi connectivity index (χ0) is 15.1. The van der Waals surface area contributed by atoms with Gasteiger partial charge in [-0.25, -0.2) is 9.18 Å². The average molecular weight is 286 g/mol. The summed E-state index contributed by atoms with van der Waals surface area (Å²) in [5.74, 6) is 0. The molecule has 1 fully saturated rings. The van der Waals surface area contributed by atoms with Crippen LogP contribution in [0, 0.1) is 17.0 Å². The van der Waals surface area contributed by atoms with Crippen molar-refractivity contribution in [2.24, 2.45) is 0 Å². The van der Waals surface area contributed by atoms with Gasteiger partial charge in [0.15, 0.2) is 0 Å². The van der Waals surface area contributed by atoms with Gasteiger partial charge >= 0.3 is 11.8 Å². The quantitative estimate of drug-likeness (QED) is 0.659. The first-order valence-electron chi connectivity index (χ1n) is 6.09. The molecule has 0 bridgehead atoms. The molecule has 1 aliphatic rings. The van der Waals surface area contributed by atoms with Crippen LogP contribution in [0.2, 0.25) is 0 Å². The van der Waals surface area contributed by atoms with Crippen molar-refractivity contribution in [3.05, 3.63) is 22.0 Å². The van der Waals surface area contributed by atoms with Crippen molar-refractivity contribution < 1.29 is 19.2 Å². The molecule has 0 radical (unpaired) electrons. The maximum absolute atomic E-state index is 14.7. The van der Waals surface area contributed by atoms with Crippen molar-refractivity contribution in [3.63, 3.8) is 0 Å². The van der Waals surface area contributed by atoms with Crippen LogP contribution in [0.5, 0.6) is 0 Å². The largest absolute Gasteiger partial charge is 0.465 e. The number of hydrogen-bond acceptors (Lipinski definition) is 4. The second kappa shape index (κ2) is 4.73. The minimum atomic E-state index is -1.83. The molecule has 1 aromatic rings. The lowest BCUT2D eigenvalue weighted by Gasteiger charge is -2.40. The van der Waals surface area contributed by atoms with Gasteiger partial charge < -0.3 is 10.0 Å². The van der Waals surface area contributed by atoms with Crippen LogP contribution in [0.4, 0.5) is 14.9 Å². The molecule has 0 saturated carbocycles. The monoisotopic (exact) mass is 286 g/mol. The lowest BCUT2D eigenvalue weighted by atomic mass is 9.91. The third-order valence-corrected chi connectivity index (χ3v) is 3.65. The summed E-state index contributed by atoms with van der Waals surface area (Å²) in [5.41, 5.74) is -1.73. The maximum atomic E-state index is 14.7. The number of amides is 1. The highest BCUT2D eigenvalue weighted by Gasteiger charge is 2.44. The van der Waals surface area contributed by atoms with E-state index in [2.05, 4.69) is 5.10 Å². The Bertz CT molecular complexity index is 557. The highest BCUT2D eigenvalue weighted by Crippen LogP contribution is 2.36. The number of likely N-dealkylation sites (tertiary alicyclic amines) is 1. The highest BCUT2D eigenvalue weighted by atomic mass is 19.1. The Morgan fingerprint density at radius 3 is 2.80 bits per heavy atom. The number of alkyl halides is 1. The van der Waals surface area contributed by atoms with E-state index >= 15 is 0 Å². The van der Waals surface area contributed by atoms with Gasteiger partial charge in [-0.05, 0) is 20.3 Å². The van der Waals surface area contributed by atoms with Gasteiger partial charge in [-0.2, -0.15) is 5.10 Å². The number of rotatable bonds is 2. The Hall–Kier alpha value is -2.19. The molecule has 0 aromatic carbocycles. The van der Waals surface area contributed by atoms with Crippen LogP contribution < -0.4 is 0 Å². The number of halogens is 1. The van der Waals surface area contributed by atoms with Crippen molar-refractivity contribution in [3.8, 4) is 0 Å². The molecule has 1 aliphatic heterocycles. The zero-order valence-corrected chi connectivity index (χ0v) is 11.1. The molecule has 20 heavy (non-hydrogen) atoms. The molecule has 9 heteroatoms. The lowest BCUT2D eigenvalue weighted by Crippen LogP contribution is -2.52. The Morgan fingerprint density at radius 2 is 2.35 bits per heavy atom. The van der Waals surface area contributed by atoms with E-state index in [0.717, 1.165) is 11.1 Å². The smallest absolute Gasteiger partial charge is 0.407 e. The van der Waals surface area contributed by atoms with Crippen molar-refractivity contribution in [1.29, 1.82) is 0 Å². The fraction of sp³-hybridized carbons (Fsp3) is 0.636. The van der Waals surface area contributed by atoms with Crippen LogP contribution in [-0.4, -0.2) is 49.6 Å². The van der Waals surface area contributed by atoms with Crippen molar-refractivity contribution in [2.75, 3.05) is 13.1 Å². The van der Waals surface area contributed by atoms with E-state index in [9.17, 15) is 19.3 Å². The van der Waals surface area contributed by atoms with Crippen LogP contribution in [-0.2, 0) is 0 Å². The van der Waals surface area contributed by atoms with E-state index in [1.165, 1.54) is 18.5 Å². The summed E-state index contributed by atoms with van der Waals surface area (Å²) in [6.07, 6.45) is 0.143. The van der Waals surface area contributed by atoms with Crippen molar-refractivity contribution in [2.45, 2.75) is 32.0 Å². The van der Waals surface area contributed by atoms with Gasteiger partial charge in [0.25, 0.3) is 0 Å². The van der Waals surface area contributed by atoms with Crippen LogP contribution in [0.25, 0.3) is 0 Å². The maximum Gasteiger partial charge on any atom is 0.407 e. The van der Waals surface area contributed by atoms with E-state index in [1.54, 1.807) is 0 Å². The summed E-state index contributed by atoms with van der Waals surface area (Å²) < 4.78 is 16.0. The van der Waals surface area contributed by atoms with Gasteiger partial charge in [0.2, 0.25) is 0 Å². The fourth-order valence-electron chi connectivity index (χ4n) is 2.58. The molecule has 8 nitrogen and oxygen atoms in total. The van der Waals surface area contributed by atoms with E-state index in [-0.39, 0.29) is 30.9 Å². The number of nitrogens with zero attached hydrogens (tertiary/aromatic N) is 4. The Balaban J connectivity index is 2.30. The predicted octanol–water partition coefficient (Wildman–Crippen LogP) is 1.75. The minimum absolute atomic E-state index is 0.165. The number of nitro groups is 1. The SMILES string of the molecule is Cc1c([N+](=O)[O-])cnn1C1CCN(C(=O)O)CC1(C)F. The molecule has 0 spiro atoms. The summed E-state index contributed by atoms with van der Waals surface area (Å²) >= 11 is 0. The molecule has 1 aromatic heterocycles. The number of carbonyl (C=O) groups is 1. The second-order valence-corrected chi connectivity index (χ2v) is 5.10. The van der Waals surface area contributed by atoms with Crippen LogP contribution in [0.3, 0.4) is 0 Å². The second-order valence-electron chi connectivity index (χ2n) is 5.10. The number of carboxylic acid groups (broad SMARTS) is 1. The third-order valence-electron chi connectivity index (χ3n) is 3.65. The summed E-state index contributed by atoms with van der Waals surface area (Å²) in [5, 5.41) is 23.6. The molecule has 1 N–H and O–H groups in total. The van der Waals surface area contributed by atoms with Gasteiger partial charge in [-0.15, -0.1) is 0 Å². The van der Waals surface area contributed by atoms with Gasteiger partial charge in [-0.3, -0.25) is 14.8 Å². The van der Waals surface area contributed by atoms with Gasteiger partial charge in [0, 0.05) is 6.54 Å². The molecule has 1 saturated heterocycles. The summed E-state index contributed by atoms with van der Waals surface area (Å²) in [4.78, 5) is 22.1. The summed E-state index contributed by atoms with van der Waals surface area (Å²) in [6, 6.07) is -0.716. The molecule has 2 atom stereocenters. The third kappa shape index (κ3) is 2.30. The van der Waals surface area contributed by atoms with E-state index < -0.39 is 22.7 Å². The number of piperidine rings is 1. The number of hydrogen-bond donors (Lipinski definition) is 1. The van der Waals surface area contributed by atoms with E-state index in [1.807, 2.05) is 0 Å². The molecular formula is C11H15FN4O4. The molecule has 110 valence electrons. The van der Waals surface area contributed by atoms with Crippen molar-refractivity contribution in [1.82, 2.24) is 14.7 Å². The molecule has 2 heterocycles. The first kappa shape index (κ1) is 14.2. The average Bonchev–Trinajstić information content (AvgIpc) is 2.69. The van der Waals surface area contributed by atoms with E-state index in [4.69, 9.17) is 5.11 Å². The molecular weight excluding hydrogens is 271 g/mol. The van der Waals surface area contributed by atoms with Gasteiger partial charge in [0.05, 0.1) is 17.5 Å². The Morgan fingerprint density at radius 1 is 1.70 bits per heavy atom. The Kier molecular flexibility index (Phi) is 3.36. The van der Waals surface area contributed by atoms with Crippen LogP contribution >= 0.6 is 0 Å². The van der Waals surface area contributed by atoms with Crippen LogP contribution in [0.15, 0.2) is 6.20 Å². The predicted molar refractivity (Wildman–Crippen MR) is 66.4 cm³/mol. The first-order valence-corrected chi connectivity index (χ1v) is 6.09. The highest BCUT2D eigenvalue weighted by molar-refractivity contribution is 5.65. The van der Waals surface area contributed by atoms with Gasteiger partial charge in [-0.1, -0.05) is 0 Å². The zero-order valence-electron chi connectivity index (χ0n) is 11.1. The standard InChI is InChI=1S/C11H15FN4O4/c1-7-8(16(19)20)5-13-15(7)9-3-4-14(10(17)18)6-11(9,2)12/h5,9H,3-4,6H2,1-2H3,(H,17,18). The normalized spacial score (nSPS) is 26.6. The van der Waals surface area contributed by atoms with Gasteiger partial charge in [0.1, 0.15) is 17.6 Å². The van der Waals surface area contributed by atoms with E-state index in [0.29, 0.717) is 0 Å². The topological polar surface area (TPSA) is 102 Å². The molecule has 2 unspecified atom stereocenters. The summed E-state index contributed by atoms with van der Waals surface area (Å²) in [7, 11) is 0. The number of aromatic nitrogens is 2. The molecule has 1 amide bonds. The van der Waals surface area contributed by atoms with Crippen LogP contribution in [0.1, 0.15) is 25.1 Å². The molecule has 2 rings (SSSR count). The first-order chi connectivity index (χ1) is 9.24. The van der Waals surface area contributed by atoms with Crippen molar-refractivity contribution >= 4 is 11.8 Å². The Labute approximate surface area is 113 Å². The minimum Gasteiger partial charge on any atom is -0.465 e. The fourth-order valence-corrected chi connectivity index (χ4v) is 2.58. The summed E-state index contributed by atoms with van der Waals surface area (Å²) in [6.45, 7) is 2.69. The molecule has 0 aliphatic carbocycles. The lowest BCUT2D eigenvalue weighted by molar-refractivity contribution is -0.385.